The Hall–Kier alpha value is -1.30. The number of carbonyl (C=O) groups is 2. The fourth-order valence-corrected chi connectivity index (χ4v) is 2.15. The highest BCUT2D eigenvalue weighted by atomic mass is 35.5. The highest BCUT2D eigenvalue weighted by Gasteiger charge is 2.22. The summed E-state index contributed by atoms with van der Waals surface area (Å²) in [6, 6.07) is 6.01. The van der Waals surface area contributed by atoms with Crippen LogP contribution in [-0.4, -0.2) is 30.9 Å². The molecule has 136 valence electrons. The summed E-state index contributed by atoms with van der Waals surface area (Å²) < 4.78 is 0. The molecule has 0 radical (unpaired) electrons. The van der Waals surface area contributed by atoms with Gasteiger partial charge in [-0.05, 0) is 49.1 Å². The summed E-state index contributed by atoms with van der Waals surface area (Å²) in [5.74, 6) is 0.0180. The lowest BCUT2D eigenvalue weighted by molar-refractivity contribution is -0.123. The van der Waals surface area contributed by atoms with Crippen LogP contribution < -0.4 is 16.4 Å². The van der Waals surface area contributed by atoms with Crippen LogP contribution in [0.4, 0.5) is 0 Å². The first-order chi connectivity index (χ1) is 10.8. The zero-order chi connectivity index (χ0) is 17.4. The SMILES string of the molecule is CC(C)CC(NC(=O)c1ccc(Cl)cc1)C(=O)NCC(C)CN.Cl. The topological polar surface area (TPSA) is 84.2 Å². The third-order valence-corrected chi connectivity index (χ3v) is 3.71. The number of amides is 2. The fraction of sp³-hybridized carbons (Fsp3) is 0.529. The van der Waals surface area contributed by atoms with Gasteiger partial charge in [0, 0.05) is 17.1 Å². The Bertz CT molecular complexity index is 521. The smallest absolute Gasteiger partial charge is 0.251 e. The first kappa shape index (κ1) is 22.7. The van der Waals surface area contributed by atoms with Gasteiger partial charge in [0.15, 0.2) is 0 Å². The molecule has 4 N–H and O–H groups in total. The van der Waals surface area contributed by atoms with Crippen LogP contribution in [-0.2, 0) is 4.79 Å². The van der Waals surface area contributed by atoms with Gasteiger partial charge < -0.3 is 16.4 Å². The molecule has 0 aliphatic heterocycles. The van der Waals surface area contributed by atoms with E-state index in [2.05, 4.69) is 10.6 Å². The molecule has 2 amide bonds. The summed E-state index contributed by atoms with van der Waals surface area (Å²) in [7, 11) is 0. The molecule has 0 saturated carbocycles. The van der Waals surface area contributed by atoms with Crippen molar-refractivity contribution in [2.45, 2.75) is 33.2 Å². The second kappa shape index (κ2) is 11.3. The third kappa shape index (κ3) is 7.99. The van der Waals surface area contributed by atoms with E-state index in [9.17, 15) is 9.59 Å². The van der Waals surface area contributed by atoms with Gasteiger partial charge in [0.1, 0.15) is 6.04 Å². The van der Waals surface area contributed by atoms with Crippen molar-refractivity contribution >= 4 is 35.8 Å². The summed E-state index contributed by atoms with van der Waals surface area (Å²) in [6.07, 6.45) is 0.572. The molecule has 1 rings (SSSR count). The van der Waals surface area contributed by atoms with Crippen molar-refractivity contribution in [3.8, 4) is 0 Å². The Kier molecular flexibility index (Phi) is 10.7. The number of nitrogens with one attached hydrogen (secondary N) is 2. The van der Waals surface area contributed by atoms with E-state index < -0.39 is 6.04 Å². The fourth-order valence-electron chi connectivity index (χ4n) is 2.03. The van der Waals surface area contributed by atoms with E-state index in [4.69, 9.17) is 17.3 Å². The van der Waals surface area contributed by atoms with Crippen LogP contribution in [0.25, 0.3) is 0 Å². The molecule has 0 spiro atoms. The Balaban J connectivity index is 0.00000529. The van der Waals surface area contributed by atoms with E-state index in [1.165, 1.54) is 0 Å². The number of hydrogen-bond donors (Lipinski definition) is 3. The molecule has 0 aliphatic carbocycles. The summed E-state index contributed by atoms with van der Waals surface area (Å²) in [5.41, 5.74) is 6.03. The van der Waals surface area contributed by atoms with Gasteiger partial charge in [-0.2, -0.15) is 0 Å². The van der Waals surface area contributed by atoms with Crippen molar-refractivity contribution in [1.82, 2.24) is 10.6 Å². The molecule has 2 unspecified atom stereocenters. The van der Waals surface area contributed by atoms with Crippen LogP contribution in [0.15, 0.2) is 24.3 Å². The lowest BCUT2D eigenvalue weighted by Gasteiger charge is -2.21. The molecule has 0 saturated heterocycles. The first-order valence-electron chi connectivity index (χ1n) is 7.87. The summed E-state index contributed by atoms with van der Waals surface area (Å²) in [5, 5.41) is 6.21. The predicted molar refractivity (Wildman–Crippen MR) is 101 cm³/mol. The Labute approximate surface area is 155 Å². The minimum atomic E-state index is -0.567. The molecule has 0 aliphatic rings. The number of benzene rings is 1. The maximum atomic E-state index is 12.3. The maximum Gasteiger partial charge on any atom is 0.251 e. The van der Waals surface area contributed by atoms with Gasteiger partial charge in [-0.25, -0.2) is 0 Å². The molecule has 5 nitrogen and oxygen atoms in total. The van der Waals surface area contributed by atoms with Gasteiger partial charge in [0.25, 0.3) is 5.91 Å². The minimum absolute atomic E-state index is 0. The van der Waals surface area contributed by atoms with E-state index in [1.807, 2.05) is 20.8 Å². The number of rotatable bonds is 8. The quantitative estimate of drug-likeness (QED) is 0.652. The van der Waals surface area contributed by atoms with Crippen molar-refractivity contribution in [2.75, 3.05) is 13.1 Å². The highest BCUT2D eigenvalue weighted by Crippen LogP contribution is 2.11. The Morgan fingerprint density at radius 2 is 1.75 bits per heavy atom. The van der Waals surface area contributed by atoms with Gasteiger partial charge in [-0.3, -0.25) is 9.59 Å². The lowest BCUT2D eigenvalue weighted by Crippen LogP contribution is -2.48. The Morgan fingerprint density at radius 1 is 1.17 bits per heavy atom. The van der Waals surface area contributed by atoms with E-state index in [1.54, 1.807) is 24.3 Å². The van der Waals surface area contributed by atoms with Crippen LogP contribution in [0.1, 0.15) is 37.6 Å². The number of hydrogen-bond acceptors (Lipinski definition) is 3. The van der Waals surface area contributed by atoms with Crippen molar-refractivity contribution in [3.63, 3.8) is 0 Å². The molecule has 1 aromatic rings. The van der Waals surface area contributed by atoms with Gasteiger partial charge in [-0.15, -0.1) is 12.4 Å². The molecule has 1 aromatic carbocycles. The molecule has 0 aromatic heterocycles. The standard InChI is InChI=1S/C17H26ClN3O2.ClH/c1-11(2)8-15(17(23)20-10-12(3)9-19)21-16(22)13-4-6-14(18)7-5-13;/h4-7,11-12,15H,8-10,19H2,1-3H3,(H,20,23)(H,21,22);1H. The lowest BCUT2D eigenvalue weighted by atomic mass is 10.0. The van der Waals surface area contributed by atoms with Crippen LogP contribution in [0, 0.1) is 11.8 Å². The summed E-state index contributed by atoms with van der Waals surface area (Å²) in [4.78, 5) is 24.6. The molecule has 24 heavy (non-hydrogen) atoms. The molecule has 0 fully saturated rings. The minimum Gasteiger partial charge on any atom is -0.354 e. The van der Waals surface area contributed by atoms with Gasteiger partial charge in [0.05, 0.1) is 0 Å². The van der Waals surface area contributed by atoms with E-state index in [0.717, 1.165) is 0 Å². The van der Waals surface area contributed by atoms with Crippen LogP contribution in [0.5, 0.6) is 0 Å². The zero-order valence-corrected chi connectivity index (χ0v) is 15.9. The van der Waals surface area contributed by atoms with Crippen molar-refractivity contribution in [3.05, 3.63) is 34.9 Å². The second-order valence-corrected chi connectivity index (χ2v) is 6.68. The average molecular weight is 376 g/mol. The van der Waals surface area contributed by atoms with Crippen molar-refractivity contribution in [2.24, 2.45) is 17.6 Å². The van der Waals surface area contributed by atoms with E-state index >= 15 is 0 Å². The molecule has 2 atom stereocenters. The molecular formula is C17H27Cl2N3O2. The zero-order valence-electron chi connectivity index (χ0n) is 14.3. The van der Waals surface area contributed by atoms with E-state index in [0.29, 0.717) is 30.1 Å². The van der Waals surface area contributed by atoms with Crippen molar-refractivity contribution < 1.29 is 9.59 Å². The van der Waals surface area contributed by atoms with Crippen molar-refractivity contribution in [1.29, 1.82) is 0 Å². The second-order valence-electron chi connectivity index (χ2n) is 6.25. The monoisotopic (exact) mass is 375 g/mol. The third-order valence-electron chi connectivity index (χ3n) is 3.46. The summed E-state index contributed by atoms with van der Waals surface area (Å²) >= 11 is 5.82. The van der Waals surface area contributed by atoms with Crippen LogP contribution in [0.2, 0.25) is 5.02 Å². The number of nitrogens with two attached hydrogens (primary N) is 1. The largest absolute Gasteiger partial charge is 0.354 e. The first-order valence-corrected chi connectivity index (χ1v) is 8.25. The van der Waals surface area contributed by atoms with Gasteiger partial charge in [-0.1, -0.05) is 32.4 Å². The van der Waals surface area contributed by atoms with E-state index in [-0.39, 0.29) is 36.1 Å². The normalized spacial score (nSPS) is 12.9. The number of carbonyl (C=O) groups excluding carboxylic acids is 2. The Morgan fingerprint density at radius 3 is 2.25 bits per heavy atom. The number of halogens is 2. The predicted octanol–water partition coefficient (Wildman–Crippen LogP) is 2.62. The summed E-state index contributed by atoms with van der Waals surface area (Å²) in [6.45, 7) is 6.99. The molecule has 0 heterocycles. The van der Waals surface area contributed by atoms with Gasteiger partial charge >= 0.3 is 0 Å². The average Bonchev–Trinajstić information content (AvgIpc) is 2.51. The van der Waals surface area contributed by atoms with Crippen LogP contribution >= 0.6 is 24.0 Å². The highest BCUT2D eigenvalue weighted by molar-refractivity contribution is 6.30. The molecular weight excluding hydrogens is 349 g/mol. The van der Waals surface area contributed by atoms with Gasteiger partial charge in [0.2, 0.25) is 5.91 Å². The van der Waals surface area contributed by atoms with Crippen LogP contribution in [0.3, 0.4) is 0 Å². The maximum absolute atomic E-state index is 12.3. The molecule has 0 bridgehead atoms. The molecule has 7 heteroatoms.